The van der Waals surface area contributed by atoms with Crippen molar-refractivity contribution in [3.8, 4) is 0 Å². The molecule has 0 spiro atoms. The molecule has 1 radical (unpaired) electrons. The van der Waals surface area contributed by atoms with E-state index in [1.54, 1.807) is 0 Å². The predicted molar refractivity (Wildman–Crippen MR) is 76.4 cm³/mol. The van der Waals surface area contributed by atoms with Gasteiger partial charge in [0, 0.05) is 11.6 Å². The van der Waals surface area contributed by atoms with E-state index in [2.05, 4.69) is 31.8 Å². The van der Waals surface area contributed by atoms with Crippen LogP contribution in [0.15, 0.2) is 17.9 Å². The van der Waals surface area contributed by atoms with Crippen molar-refractivity contribution in [1.82, 2.24) is 0 Å². The molecule has 0 saturated heterocycles. The van der Waals surface area contributed by atoms with Gasteiger partial charge >= 0.3 is 0 Å². The van der Waals surface area contributed by atoms with Crippen LogP contribution in [0.1, 0.15) is 20.8 Å². The van der Waals surface area contributed by atoms with Gasteiger partial charge in [0.1, 0.15) is 11.4 Å². The van der Waals surface area contributed by atoms with Crippen molar-refractivity contribution >= 4 is 25.2 Å². The molecule has 0 bridgehead atoms. The van der Waals surface area contributed by atoms with Crippen LogP contribution in [0.2, 0.25) is 25.2 Å². The van der Waals surface area contributed by atoms with Crippen LogP contribution in [0, 0.1) is 6.08 Å². The van der Waals surface area contributed by atoms with Crippen molar-refractivity contribution in [2.45, 2.75) is 51.6 Å². The van der Waals surface area contributed by atoms with Crippen molar-refractivity contribution in [2.24, 2.45) is 0 Å². The van der Waals surface area contributed by atoms with E-state index in [1.165, 1.54) is 0 Å². The highest BCUT2D eigenvalue weighted by molar-refractivity contribution is 7.81. The van der Waals surface area contributed by atoms with Crippen LogP contribution in [0.4, 0.5) is 0 Å². The van der Waals surface area contributed by atoms with Gasteiger partial charge in [-0.3, -0.25) is 0 Å². The number of hydrogen-bond donors (Lipinski definition) is 0. The fraction of sp³-hybridized carbons (Fsp3) is 0.615. The van der Waals surface area contributed by atoms with Crippen LogP contribution in [-0.4, -0.2) is 18.5 Å². The minimum absolute atomic E-state index is 0.207. The zero-order valence-electron chi connectivity index (χ0n) is 11.0. The quantitative estimate of drug-likeness (QED) is 0.540. The topological polar surface area (TPSA) is 9.23 Å². The Morgan fingerprint density at radius 1 is 1.31 bits per heavy atom. The van der Waals surface area contributed by atoms with Gasteiger partial charge < -0.3 is 4.74 Å². The molecule has 3 heteroatoms. The molecule has 1 nitrogen and oxygen atoms in total. The zero-order valence-corrected chi connectivity index (χ0v) is 12.9. The van der Waals surface area contributed by atoms with Gasteiger partial charge in [-0.25, -0.2) is 0 Å². The smallest absolute Gasteiger partial charge is 0.142 e. The first-order chi connectivity index (χ1) is 7.11. The van der Waals surface area contributed by atoms with Gasteiger partial charge in [0.25, 0.3) is 0 Å². The van der Waals surface area contributed by atoms with Gasteiger partial charge in [0.05, 0.1) is 12.9 Å². The molecule has 1 aliphatic carbocycles. The lowest BCUT2D eigenvalue weighted by atomic mass is 10.1. The molecule has 0 amide bonds. The molecule has 0 saturated carbocycles. The predicted octanol–water partition coefficient (Wildman–Crippen LogP) is 4.14. The van der Waals surface area contributed by atoms with E-state index >= 15 is 0 Å². The van der Waals surface area contributed by atoms with E-state index in [9.17, 15) is 0 Å². The fourth-order valence-electron chi connectivity index (χ4n) is 1.59. The second-order valence-corrected chi connectivity index (χ2v) is 12.0. The van der Waals surface area contributed by atoms with Crippen LogP contribution < -0.4 is 0 Å². The summed E-state index contributed by atoms with van der Waals surface area (Å²) in [5.41, 5.74) is 0.183. The van der Waals surface area contributed by atoms with E-state index in [0.29, 0.717) is 5.54 Å². The Morgan fingerprint density at radius 3 is 2.31 bits per heavy atom. The number of ether oxygens (including phenoxy) is 1. The van der Waals surface area contributed by atoms with Gasteiger partial charge in [-0.05, 0) is 20.8 Å². The monoisotopic (exact) mass is 253 g/mol. The Balaban J connectivity index is 2.88. The number of thiocarbonyl (C=S) groups is 1. The van der Waals surface area contributed by atoms with Crippen LogP contribution in [0.5, 0.6) is 0 Å². The molecule has 1 aliphatic rings. The summed E-state index contributed by atoms with van der Waals surface area (Å²) in [4.78, 5) is 0.927. The zero-order chi connectivity index (χ0) is 12.6. The van der Waals surface area contributed by atoms with E-state index in [-0.39, 0.29) is 5.60 Å². The molecule has 0 heterocycles. The van der Waals surface area contributed by atoms with Crippen LogP contribution in [0.25, 0.3) is 0 Å². The molecule has 1 unspecified atom stereocenters. The average Bonchev–Trinajstić information content (AvgIpc) is 2.04. The van der Waals surface area contributed by atoms with Crippen molar-refractivity contribution < 1.29 is 4.74 Å². The molecule has 0 N–H and O–H groups in total. The molecule has 1 rings (SSSR count). The van der Waals surface area contributed by atoms with Gasteiger partial charge in [0.15, 0.2) is 0 Å². The maximum Gasteiger partial charge on any atom is 0.142 e. The highest BCUT2D eigenvalue weighted by atomic mass is 32.1. The lowest BCUT2D eigenvalue weighted by Gasteiger charge is -2.32. The minimum atomic E-state index is -1.31. The summed E-state index contributed by atoms with van der Waals surface area (Å²) in [6.07, 6.45) is 7.25. The van der Waals surface area contributed by atoms with Crippen LogP contribution >= 0.6 is 12.2 Å². The van der Waals surface area contributed by atoms with Crippen molar-refractivity contribution in [1.29, 1.82) is 0 Å². The third-order valence-electron chi connectivity index (χ3n) is 2.35. The van der Waals surface area contributed by atoms with Crippen molar-refractivity contribution in [3.05, 3.63) is 24.0 Å². The van der Waals surface area contributed by atoms with Crippen molar-refractivity contribution in [2.75, 3.05) is 0 Å². The molecule has 0 aliphatic heterocycles. The largest absolute Gasteiger partial charge is 0.486 e. The molecule has 0 aromatic rings. The van der Waals surface area contributed by atoms with Gasteiger partial charge in [-0.15, -0.1) is 0 Å². The summed E-state index contributed by atoms with van der Waals surface area (Å²) < 4.78 is 5.85. The molecule has 0 aromatic carbocycles. The van der Waals surface area contributed by atoms with Crippen LogP contribution in [0.3, 0.4) is 0 Å². The van der Waals surface area contributed by atoms with Gasteiger partial charge in [-0.1, -0.05) is 44.0 Å². The third-order valence-corrected chi connectivity index (χ3v) is 5.35. The van der Waals surface area contributed by atoms with E-state index in [4.69, 9.17) is 17.0 Å². The average molecular weight is 253 g/mol. The molecule has 0 aromatic heterocycles. The first kappa shape index (κ1) is 13.7. The first-order valence-electron chi connectivity index (χ1n) is 5.65. The minimum Gasteiger partial charge on any atom is -0.486 e. The number of allylic oxidation sites excluding steroid dienone is 4. The van der Waals surface area contributed by atoms with E-state index < -0.39 is 8.07 Å². The van der Waals surface area contributed by atoms with E-state index in [0.717, 1.165) is 10.6 Å². The second kappa shape index (κ2) is 4.45. The highest BCUT2D eigenvalue weighted by Crippen LogP contribution is 2.32. The van der Waals surface area contributed by atoms with Gasteiger partial charge in [-0.2, -0.15) is 0 Å². The maximum atomic E-state index is 5.85. The van der Waals surface area contributed by atoms with E-state index in [1.807, 2.05) is 26.8 Å². The van der Waals surface area contributed by atoms with Gasteiger partial charge in [0.2, 0.25) is 0 Å². The maximum absolute atomic E-state index is 5.85. The summed E-state index contributed by atoms with van der Waals surface area (Å²) in [5, 5.41) is 0. The molecule has 16 heavy (non-hydrogen) atoms. The molecule has 89 valence electrons. The van der Waals surface area contributed by atoms with Crippen LogP contribution in [-0.2, 0) is 4.74 Å². The lowest BCUT2D eigenvalue weighted by molar-refractivity contribution is 0.0635. The summed E-state index contributed by atoms with van der Waals surface area (Å²) >= 11 is 5.52. The summed E-state index contributed by atoms with van der Waals surface area (Å²) in [5.74, 6) is 0.762. The Hall–Kier alpha value is -0.413. The fourth-order valence-corrected chi connectivity index (χ4v) is 4.42. The molecule has 1 atom stereocenters. The normalized spacial score (nSPS) is 22.0. The molecule has 0 fully saturated rings. The highest BCUT2D eigenvalue weighted by Gasteiger charge is 2.33. The number of rotatable bonds is 2. The standard InChI is InChI=1S/C13H21OSSi/c1-13(2,3)14-10-8-7-9-11(12(10)15)16(4,5)6/h7,9,11H,1-6H3. The SMILES string of the molecule is CC(C)(C)OC1=[C]C=CC([Si](C)(C)C)C1=S. The number of hydrogen-bond acceptors (Lipinski definition) is 2. The summed E-state index contributed by atoms with van der Waals surface area (Å²) in [7, 11) is -1.31. The third kappa shape index (κ3) is 3.56. The Kier molecular flexibility index (Phi) is 3.80. The molecular weight excluding hydrogens is 232 g/mol. The summed E-state index contributed by atoms with van der Waals surface area (Å²) in [6.45, 7) is 13.1. The lowest BCUT2D eigenvalue weighted by Crippen LogP contribution is -2.35. The Labute approximate surface area is 106 Å². The Bertz CT molecular complexity index is 342. The molecular formula is C13H21OSSi. The van der Waals surface area contributed by atoms with Crippen molar-refractivity contribution in [3.63, 3.8) is 0 Å². The Morgan fingerprint density at radius 2 is 1.88 bits per heavy atom. The first-order valence-corrected chi connectivity index (χ1v) is 9.63. The second-order valence-electron chi connectivity index (χ2n) is 6.25. The summed E-state index contributed by atoms with van der Waals surface area (Å²) in [6, 6.07) is 0.